The molecule has 0 aromatic carbocycles. The quantitative estimate of drug-likeness (QED) is 0.548. The van der Waals surface area contributed by atoms with Crippen LogP contribution in [0.2, 0.25) is 18.1 Å². The summed E-state index contributed by atoms with van der Waals surface area (Å²) in [4.78, 5) is 1.47. The van der Waals surface area contributed by atoms with E-state index in [1.165, 1.54) is 4.88 Å². The van der Waals surface area contributed by atoms with Crippen molar-refractivity contribution in [2.75, 3.05) is 6.61 Å². The van der Waals surface area contributed by atoms with Crippen LogP contribution in [0.25, 0.3) is 0 Å². The minimum atomic E-state index is -1.52. The fourth-order valence-electron chi connectivity index (χ4n) is 1.25. The normalized spacial score (nSPS) is 13.1. The first kappa shape index (κ1) is 13.9. The Balaban J connectivity index is 2.25. The van der Waals surface area contributed by atoms with E-state index in [2.05, 4.69) is 51.4 Å². The maximum Gasteiger partial charge on any atom is 0.191 e. The first-order valence-electron chi connectivity index (χ1n) is 5.99. The van der Waals surface area contributed by atoms with Crippen molar-refractivity contribution in [3.8, 4) is 0 Å². The molecule has 1 heterocycles. The number of aryl methyl sites for hydroxylation is 1. The van der Waals surface area contributed by atoms with Gasteiger partial charge in [0.2, 0.25) is 0 Å². The van der Waals surface area contributed by atoms with Gasteiger partial charge in [0.05, 0.1) is 0 Å². The summed E-state index contributed by atoms with van der Waals surface area (Å²) >= 11 is 1.84. The Morgan fingerprint density at radius 1 is 1.31 bits per heavy atom. The zero-order chi connectivity index (χ0) is 12.2. The highest BCUT2D eigenvalue weighted by atomic mass is 32.1. The Kier molecular flexibility index (Phi) is 4.77. The van der Waals surface area contributed by atoms with Gasteiger partial charge in [0, 0.05) is 11.5 Å². The SMILES string of the molecule is CC(C)(C)[Si](C)(C)OCCCc1cccs1. The molecule has 1 aromatic heterocycles. The molecule has 0 aliphatic rings. The van der Waals surface area contributed by atoms with Gasteiger partial charge >= 0.3 is 0 Å². The van der Waals surface area contributed by atoms with E-state index in [1.54, 1.807) is 0 Å². The fraction of sp³-hybridized carbons (Fsp3) is 0.692. The number of hydrogen-bond donors (Lipinski definition) is 0. The van der Waals surface area contributed by atoms with Gasteiger partial charge in [0.25, 0.3) is 0 Å². The highest BCUT2D eigenvalue weighted by Crippen LogP contribution is 2.36. The molecule has 0 aliphatic carbocycles. The fourth-order valence-corrected chi connectivity index (χ4v) is 3.08. The van der Waals surface area contributed by atoms with E-state index in [1.807, 2.05) is 11.3 Å². The molecule has 0 bridgehead atoms. The van der Waals surface area contributed by atoms with Gasteiger partial charge in [-0.15, -0.1) is 11.3 Å². The summed E-state index contributed by atoms with van der Waals surface area (Å²) in [6, 6.07) is 4.33. The van der Waals surface area contributed by atoms with Gasteiger partial charge in [-0.3, -0.25) is 0 Å². The smallest absolute Gasteiger partial charge is 0.191 e. The van der Waals surface area contributed by atoms with Crippen molar-refractivity contribution in [3.63, 3.8) is 0 Å². The van der Waals surface area contributed by atoms with Crippen molar-refractivity contribution in [1.29, 1.82) is 0 Å². The summed E-state index contributed by atoms with van der Waals surface area (Å²) in [7, 11) is -1.52. The Hall–Kier alpha value is -0.123. The standard InChI is InChI=1S/C13H24OSSi/c1-13(2,3)16(4,5)14-10-6-8-12-9-7-11-15-12/h7,9,11H,6,8,10H2,1-5H3. The van der Waals surface area contributed by atoms with E-state index in [0.717, 1.165) is 19.4 Å². The molecule has 0 aliphatic heterocycles. The molecular formula is C13H24OSSi. The van der Waals surface area contributed by atoms with Crippen molar-refractivity contribution in [1.82, 2.24) is 0 Å². The molecule has 16 heavy (non-hydrogen) atoms. The predicted octanol–water partition coefficient (Wildman–Crippen LogP) is 4.70. The molecule has 92 valence electrons. The lowest BCUT2D eigenvalue weighted by atomic mass is 10.2. The molecule has 0 saturated carbocycles. The third kappa shape index (κ3) is 4.04. The Morgan fingerprint density at radius 3 is 2.50 bits per heavy atom. The van der Waals surface area contributed by atoms with Crippen LogP contribution in [0.3, 0.4) is 0 Å². The maximum absolute atomic E-state index is 6.14. The lowest BCUT2D eigenvalue weighted by Gasteiger charge is -2.36. The minimum absolute atomic E-state index is 0.329. The molecular weight excluding hydrogens is 232 g/mol. The molecule has 1 nitrogen and oxygen atoms in total. The largest absolute Gasteiger partial charge is 0.417 e. The first-order chi connectivity index (χ1) is 7.33. The van der Waals surface area contributed by atoms with Crippen molar-refractivity contribution < 1.29 is 4.43 Å². The van der Waals surface area contributed by atoms with E-state index in [9.17, 15) is 0 Å². The van der Waals surface area contributed by atoms with Gasteiger partial charge in [0.15, 0.2) is 8.32 Å². The van der Waals surface area contributed by atoms with Crippen LogP contribution in [-0.2, 0) is 10.8 Å². The van der Waals surface area contributed by atoms with Gasteiger partial charge in [-0.2, -0.15) is 0 Å². The molecule has 0 radical (unpaired) electrons. The molecule has 0 amide bonds. The molecule has 3 heteroatoms. The van der Waals surface area contributed by atoms with Crippen molar-refractivity contribution in [2.45, 2.75) is 51.7 Å². The average molecular weight is 256 g/mol. The topological polar surface area (TPSA) is 9.23 Å². The van der Waals surface area contributed by atoms with E-state index in [4.69, 9.17) is 4.43 Å². The Labute approximate surface area is 105 Å². The summed E-state index contributed by atoms with van der Waals surface area (Å²) in [6.07, 6.45) is 2.30. The van der Waals surface area contributed by atoms with Gasteiger partial charge in [-0.25, -0.2) is 0 Å². The average Bonchev–Trinajstić information content (AvgIpc) is 2.63. The Bertz CT molecular complexity index is 298. The van der Waals surface area contributed by atoms with Crippen LogP contribution >= 0.6 is 11.3 Å². The van der Waals surface area contributed by atoms with Gasteiger partial charge in [-0.1, -0.05) is 26.8 Å². The molecule has 0 spiro atoms. The van der Waals surface area contributed by atoms with Gasteiger partial charge in [-0.05, 0) is 42.4 Å². The van der Waals surface area contributed by atoms with E-state index in [0.29, 0.717) is 5.04 Å². The number of rotatable bonds is 5. The molecule has 0 unspecified atom stereocenters. The van der Waals surface area contributed by atoms with Crippen molar-refractivity contribution >= 4 is 19.7 Å². The summed E-state index contributed by atoms with van der Waals surface area (Å²) in [5.41, 5.74) is 0. The summed E-state index contributed by atoms with van der Waals surface area (Å²) in [5, 5.41) is 2.47. The molecule has 0 atom stereocenters. The second-order valence-corrected chi connectivity index (χ2v) is 11.6. The summed E-state index contributed by atoms with van der Waals surface area (Å²) in [6.45, 7) is 12.4. The highest BCUT2D eigenvalue weighted by molar-refractivity contribution is 7.09. The molecule has 1 rings (SSSR count). The summed E-state index contributed by atoms with van der Waals surface area (Å²) in [5.74, 6) is 0. The second-order valence-electron chi connectivity index (χ2n) is 5.79. The predicted molar refractivity (Wildman–Crippen MR) is 75.8 cm³/mol. The monoisotopic (exact) mass is 256 g/mol. The zero-order valence-corrected chi connectivity index (χ0v) is 13.0. The van der Waals surface area contributed by atoms with E-state index >= 15 is 0 Å². The van der Waals surface area contributed by atoms with Crippen LogP contribution in [0.15, 0.2) is 17.5 Å². The van der Waals surface area contributed by atoms with Crippen LogP contribution in [0.4, 0.5) is 0 Å². The molecule has 0 N–H and O–H groups in total. The summed E-state index contributed by atoms with van der Waals surface area (Å²) < 4.78 is 6.14. The van der Waals surface area contributed by atoms with Crippen LogP contribution < -0.4 is 0 Å². The maximum atomic E-state index is 6.14. The van der Waals surface area contributed by atoms with E-state index < -0.39 is 8.32 Å². The molecule has 0 fully saturated rings. The van der Waals surface area contributed by atoms with Crippen LogP contribution in [0.5, 0.6) is 0 Å². The lowest BCUT2D eigenvalue weighted by Crippen LogP contribution is -2.41. The zero-order valence-electron chi connectivity index (χ0n) is 11.2. The van der Waals surface area contributed by atoms with Crippen molar-refractivity contribution in [2.24, 2.45) is 0 Å². The van der Waals surface area contributed by atoms with Crippen LogP contribution in [-0.4, -0.2) is 14.9 Å². The van der Waals surface area contributed by atoms with E-state index in [-0.39, 0.29) is 0 Å². The third-order valence-corrected chi connectivity index (χ3v) is 8.89. The third-order valence-electron chi connectivity index (χ3n) is 3.42. The van der Waals surface area contributed by atoms with Gasteiger partial charge < -0.3 is 4.43 Å². The number of hydrogen-bond acceptors (Lipinski definition) is 2. The van der Waals surface area contributed by atoms with Crippen LogP contribution in [0, 0.1) is 0 Å². The highest BCUT2D eigenvalue weighted by Gasteiger charge is 2.36. The van der Waals surface area contributed by atoms with Crippen molar-refractivity contribution in [3.05, 3.63) is 22.4 Å². The number of thiophene rings is 1. The molecule has 1 aromatic rings. The Morgan fingerprint density at radius 2 is 2.00 bits per heavy atom. The van der Waals surface area contributed by atoms with Crippen LogP contribution in [0.1, 0.15) is 32.1 Å². The second kappa shape index (κ2) is 5.47. The lowest BCUT2D eigenvalue weighted by molar-refractivity contribution is 0.283. The molecule has 0 saturated heterocycles. The first-order valence-corrected chi connectivity index (χ1v) is 9.78. The van der Waals surface area contributed by atoms with Gasteiger partial charge in [0.1, 0.15) is 0 Å². The minimum Gasteiger partial charge on any atom is -0.417 e.